The molecule has 0 aliphatic carbocycles. The number of carbonyl (C=O) groups is 1. The van der Waals surface area contributed by atoms with E-state index in [-0.39, 0.29) is 12.2 Å². The summed E-state index contributed by atoms with van der Waals surface area (Å²) in [4.78, 5) is 12.1. The number of hydrogen-bond donors (Lipinski definition) is 2. The zero-order chi connectivity index (χ0) is 15.4. The average Bonchev–Trinajstić information content (AvgIpc) is 2.46. The lowest BCUT2D eigenvalue weighted by atomic mass is 9.98. The Morgan fingerprint density at radius 3 is 2.19 bits per heavy atom. The number of hydrogen-bond acceptors (Lipinski definition) is 2. The minimum atomic E-state index is -1.58. The molecule has 0 aliphatic rings. The predicted molar refractivity (Wildman–Crippen MR) is 73.2 cm³/mol. The molecule has 2 rings (SSSR count). The quantitative estimate of drug-likeness (QED) is 0.852. The van der Waals surface area contributed by atoms with E-state index in [1.54, 1.807) is 30.3 Å². The van der Waals surface area contributed by atoms with Crippen molar-refractivity contribution in [1.82, 2.24) is 0 Å². The van der Waals surface area contributed by atoms with E-state index in [1.165, 1.54) is 0 Å². The number of amides is 1. The molecular formula is C15H13F3N2O. The summed E-state index contributed by atoms with van der Waals surface area (Å²) in [6.45, 7) is 0.0298. The molecule has 0 aromatic heterocycles. The molecule has 21 heavy (non-hydrogen) atoms. The molecule has 6 heteroatoms. The monoisotopic (exact) mass is 294 g/mol. The van der Waals surface area contributed by atoms with Gasteiger partial charge in [-0.15, -0.1) is 0 Å². The molecule has 110 valence electrons. The first-order valence-corrected chi connectivity index (χ1v) is 6.23. The minimum absolute atomic E-state index is 0.0298. The summed E-state index contributed by atoms with van der Waals surface area (Å²) in [7, 11) is 0. The van der Waals surface area contributed by atoms with Gasteiger partial charge in [-0.3, -0.25) is 4.79 Å². The maximum absolute atomic E-state index is 13.1. The molecule has 3 nitrogen and oxygen atoms in total. The number of anilines is 1. The van der Waals surface area contributed by atoms with Crippen LogP contribution in [-0.4, -0.2) is 12.5 Å². The van der Waals surface area contributed by atoms with Gasteiger partial charge in [-0.2, -0.15) is 0 Å². The van der Waals surface area contributed by atoms with Gasteiger partial charge in [0.05, 0.1) is 5.92 Å². The first kappa shape index (κ1) is 15.1. The molecule has 0 aliphatic heterocycles. The van der Waals surface area contributed by atoms with Crippen molar-refractivity contribution >= 4 is 11.6 Å². The predicted octanol–water partition coefficient (Wildman–Crippen LogP) is 2.78. The number of carbonyl (C=O) groups excluding carboxylic acids is 1. The third-order valence-electron chi connectivity index (χ3n) is 3.01. The lowest BCUT2D eigenvalue weighted by Crippen LogP contribution is -2.27. The summed E-state index contributed by atoms with van der Waals surface area (Å²) in [5.74, 6) is -5.49. The van der Waals surface area contributed by atoms with Gasteiger partial charge in [0.25, 0.3) is 0 Å². The van der Waals surface area contributed by atoms with E-state index in [1.807, 2.05) is 0 Å². The van der Waals surface area contributed by atoms with Gasteiger partial charge in [-0.1, -0.05) is 30.3 Å². The lowest BCUT2D eigenvalue weighted by Gasteiger charge is -2.15. The van der Waals surface area contributed by atoms with Gasteiger partial charge < -0.3 is 11.1 Å². The van der Waals surface area contributed by atoms with Gasteiger partial charge >= 0.3 is 0 Å². The Labute approximate surface area is 119 Å². The van der Waals surface area contributed by atoms with E-state index in [4.69, 9.17) is 5.73 Å². The summed E-state index contributed by atoms with van der Waals surface area (Å²) >= 11 is 0. The van der Waals surface area contributed by atoms with E-state index in [0.717, 1.165) is 12.1 Å². The highest BCUT2D eigenvalue weighted by molar-refractivity contribution is 5.96. The standard InChI is InChI=1S/C15H13F3N2O/c16-12-6-10(7-13(17)14(12)18)20-15(21)11(8-19)9-4-2-1-3-5-9/h1-7,11H,8,19H2,(H,20,21). The fraction of sp³-hybridized carbons (Fsp3) is 0.133. The molecule has 2 aromatic carbocycles. The number of nitrogens with one attached hydrogen (secondary N) is 1. The van der Waals surface area contributed by atoms with Gasteiger partial charge in [0, 0.05) is 24.4 Å². The van der Waals surface area contributed by atoms with Crippen LogP contribution in [0.3, 0.4) is 0 Å². The summed E-state index contributed by atoms with van der Waals surface area (Å²) in [5.41, 5.74) is 6.09. The molecule has 1 atom stereocenters. The first-order valence-electron chi connectivity index (χ1n) is 6.23. The molecule has 0 heterocycles. The van der Waals surface area contributed by atoms with Crippen molar-refractivity contribution in [3.63, 3.8) is 0 Å². The van der Waals surface area contributed by atoms with Crippen LogP contribution in [0.5, 0.6) is 0 Å². The number of benzene rings is 2. The van der Waals surface area contributed by atoms with E-state index >= 15 is 0 Å². The van der Waals surface area contributed by atoms with Crippen LogP contribution >= 0.6 is 0 Å². The van der Waals surface area contributed by atoms with Crippen molar-refractivity contribution in [2.75, 3.05) is 11.9 Å². The molecule has 1 unspecified atom stereocenters. The molecule has 0 bridgehead atoms. The summed E-state index contributed by atoms with van der Waals surface area (Å²) in [6.07, 6.45) is 0. The second kappa shape index (κ2) is 6.41. The molecule has 0 saturated carbocycles. The van der Waals surface area contributed by atoms with Gasteiger partial charge in [0.2, 0.25) is 5.91 Å². The van der Waals surface area contributed by atoms with Crippen molar-refractivity contribution in [2.45, 2.75) is 5.92 Å². The highest BCUT2D eigenvalue weighted by Crippen LogP contribution is 2.20. The van der Waals surface area contributed by atoms with Crippen molar-refractivity contribution < 1.29 is 18.0 Å². The largest absolute Gasteiger partial charge is 0.329 e. The minimum Gasteiger partial charge on any atom is -0.329 e. The van der Waals surface area contributed by atoms with Crippen LogP contribution in [0.4, 0.5) is 18.9 Å². The molecule has 0 spiro atoms. The van der Waals surface area contributed by atoms with Gasteiger partial charge in [0.1, 0.15) is 0 Å². The van der Waals surface area contributed by atoms with E-state index in [2.05, 4.69) is 5.32 Å². The van der Waals surface area contributed by atoms with Crippen LogP contribution < -0.4 is 11.1 Å². The summed E-state index contributed by atoms with van der Waals surface area (Å²) < 4.78 is 39.1. The highest BCUT2D eigenvalue weighted by atomic mass is 19.2. The van der Waals surface area contributed by atoms with Gasteiger partial charge in [-0.25, -0.2) is 13.2 Å². The van der Waals surface area contributed by atoms with E-state index in [0.29, 0.717) is 5.56 Å². The third kappa shape index (κ3) is 3.41. The van der Waals surface area contributed by atoms with Crippen molar-refractivity contribution in [1.29, 1.82) is 0 Å². The Hall–Kier alpha value is -2.34. The lowest BCUT2D eigenvalue weighted by molar-refractivity contribution is -0.117. The Morgan fingerprint density at radius 2 is 1.67 bits per heavy atom. The van der Waals surface area contributed by atoms with Crippen LogP contribution in [0.2, 0.25) is 0 Å². The second-order valence-electron chi connectivity index (χ2n) is 4.44. The maximum Gasteiger partial charge on any atom is 0.233 e. The molecule has 1 amide bonds. The van der Waals surface area contributed by atoms with E-state index < -0.39 is 29.3 Å². The number of halogens is 3. The Balaban J connectivity index is 2.21. The Morgan fingerprint density at radius 1 is 1.10 bits per heavy atom. The maximum atomic E-state index is 13.1. The van der Waals surface area contributed by atoms with Crippen molar-refractivity contribution in [3.8, 4) is 0 Å². The molecule has 2 aromatic rings. The average molecular weight is 294 g/mol. The van der Waals surface area contributed by atoms with Gasteiger partial charge in [-0.05, 0) is 5.56 Å². The number of rotatable bonds is 4. The SMILES string of the molecule is NCC(C(=O)Nc1cc(F)c(F)c(F)c1)c1ccccc1. The van der Waals surface area contributed by atoms with Crippen LogP contribution in [0.15, 0.2) is 42.5 Å². The fourth-order valence-corrected chi connectivity index (χ4v) is 1.94. The van der Waals surface area contributed by atoms with Crippen LogP contribution in [-0.2, 0) is 4.79 Å². The zero-order valence-electron chi connectivity index (χ0n) is 10.9. The van der Waals surface area contributed by atoms with Crippen LogP contribution in [0, 0.1) is 17.5 Å². The fourth-order valence-electron chi connectivity index (χ4n) is 1.94. The normalized spacial score (nSPS) is 12.0. The first-order chi connectivity index (χ1) is 10.0. The molecule has 3 N–H and O–H groups in total. The Kier molecular flexibility index (Phi) is 4.59. The van der Waals surface area contributed by atoms with Gasteiger partial charge in [0.15, 0.2) is 17.5 Å². The molecule has 0 radical (unpaired) electrons. The number of nitrogens with two attached hydrogens (primary N) is 1. The molecule has 0 fully saturated rings. The summed E-state index contributed by atoms with van der Waals surface area (Å²) in [6, 6.07) is 10.2. The second-order valence-corrected chi connectivity index (χ2v) is 4.44. The zero-order valence-corrected chi connectivity index (χ0v) is 10.9. The molecular weight excluding hydrogens is 281 g/mol. The van der Waals surface area contributed by atoms with Crippen molar-refractivity contribution in [3.05, 3.63) is 65.5 Å². The Bertz CT molecular complexity index is 624. The smallest absolute Gasteiger partial charge is 0.233 e. The van der Waals surface area contributed by atoms with E-state index in [9.17, 15) is 18.0 Å². The third-order valence-corrected chi connectivity index (χ3v) is 3.01. The highest BCUT2D eigenvalue weighted by Gasteiger charge is 2.20. The van der Waals surface area contributed by atoms with Crippen molar-refractivity contribution in [2.24, 2.45) is 5.73 Å². The molecule has 0 saturated heterocycles. The summed E-state index contributed by atoms with van der Waals surface area (Å²) in [5, 5.41) is 2.33. The topological polar surface area (TPSA) is 55.1 Å². The van der Waals surface area contributed by atoms with Crippen LogP contribution in [0.25, 0.3) is 0 Å². The van der Waals surface area contributed by atoms with Crippen LogP contribution in [0.1, 0.15) is 11.5 Å².